The Labute approximate surface area is 172 Å². The minimum Gasteiger partial charge on any atom is -0.322 e. The lowest BCUT2D eigenvalue weighted by Crippen LogP contribution is -2.28. The predicted molar refractivity (Wildman–Crippen MR) is 112 cm³/mol. The lowest BCUT2D eigenvalue weighted by molar-refractivity contribution is -0.139. The topological polar surface area (TPSA) is 99.3 Å². The van der Waals surface area contributed by atoms with Gasteiger partial charge in [0.25, 0.3) is 11.5 Å². The van der Waals surface area contributed by atoms with E-state index in [1.54, 1.807) is 30.3 Å². The molecule has 1 fully saturated rings. The SMILES string of the molecule is O=C(Nc1ccc(CN2C(=O)CCC2=O)cc1)c1ccc(-c2ccccc2)[nH]c1=O. The molecule has 0 atom stereocenters. The zero-order valence-electron chi connectivity index (χ0n) is 16.1. The summed E-state index contributed by atoms with van der Waals surface area (Å²) in [4.78, 5) is 52.3. The number of hydrogen-bond acceptors (Lipinski definition) is 4. The summed E-state index contributed by atoms with van der Waals surface area (Å²) in [7, 11) is 0. The molecule has 0 radical (unpaired) electrons. The number of benzene rings is 2. The van der Waals surface area contributed by atoms with Gasteiger partial charge < -0.3 is 10.3 Å². The van der Waals surface area contributed by atoms with Gasteiger partial charge in [0.05, 0.1) is 6.54 Å². The number of carbonyl (C=O) groups excluding carboxylic acids is 3. The Morgan fingerprint density at radius 3 is 2.17 bits per heavy atom. The van der Waals surface area contributed by atoms with Crippen molar-refractivity contribution >= 4 is 23.4 Å². The van der Waals surface area contributed by atoms with Crippen molar-refractivity contribution in [2.45, 2.75) is 19.4 Å². The molecule has 30 heavy (non-hydrogen) atoms. The van der Waals surface area contributed by atoms with Crippen molar-refractivity contribution in [3.63, 3.8) is 0 Å². The van der Waals surface area contributed by atoms with Crippen LogP contribution in [0.1, 0.15) is 28.8 Å². The van der Waals surface area contributed by atoms with E-state index in [-0.39, 0.29) is 36.8 Å². The second-order valence-corrected chi connectivity index (χ2v) is 7.01. The van der Waals surface area contributed by atoms with E-state index in [9.17, 15) is 19.2 Å². The summed E-state index contributed by atoms with van der Waals surface area (Å²) >= 11 is 0. The van der Waals surface area contributed by atoms with Gasteiger partial charge >= 0.3 is 0 Å². The summed E-state index contributed by atoms with van der Waals surface area (Å²) in [6, 6.07) is 19.4. The fraction of sp³-hybridized carbons (Fsp3) is 0.130. The molecular weight excluding hydrogens is 382 g/mol. The number of amides is 3. The number of hydrogen-bond donors (Lipinski definition) is 2. The Hall–Kier alpha value is -4.00. The van der Waals surface area contributed by atoms with Gasteiger partial charge in [-0.2, -0.15) is 0 Å². The second kappa shape index (κ2) is 8.16. The minimum atomic E-state index is -0.520. The number of nitrogens with one attached hydrogen (secondary N) is 2. The first-order valence-electron chi connectivity index (χ1n) is 9.53. The summed E-state index contributed by atoms with van der Waals surface area (Å²) in [6.07, 6.45) is 0.509. The Bertz CT molecular complexity index is 1150. The third-order valence-electron chi connectivity index (χ3n) is 4.95. The summed E-state index contributed by atoms with van der Waals surface area (Å²) in [5, 5.41) is 2.69. The second-order valence-electron chi connectivity index (χ2n) is 7.01. The third-order valence-corrected chi connectivity index (χ3v) is 4.95. The molecule has 150 valence electrons. The number of aromatic nitrogens is 1. The molecule has 2 aromatic carbocycles. The molecular formula is C23H19N3O4. The van der Waals surface area contributed by atoms with Crippen LogP contribution in [0, 0.1) is 0 Å². The van der Waals surface area contributed by atoms with Gasteiger partial charge in [0.2, 0.25) is 11.8 Å². The maximum atomic E-state index is 12.5. The predicted octanol–water partition coefficient (Wildman–Crippen LogP) is 2.94. The third kappa shape index (κ3) is 4.05. The molecule has 1 saturated heterocycles. The van der Waals surface area contributed by atoms with E-state index in [0.29, 0.717) is 11.4 Å². The van der Waals surface area contributed by atoms with Gasteiger partial charge in [-0.3, -0.25) is 24.1 Å². The van der Waals surface area contributed by atoms with Crippen molar-refractivity contribution in [3.8, 4) is 11.3 Å². The van der Waals surface area contributed by atoms with Gasteiger partial charge in [0, 0.05) is 24.2 Å². The molecule has 2 heterocycles. The Morgan fingerprint density at radius 1 is 0.867 bits per heavy atom. The molecule has 7 nitrogen and oxygen atoms in total. The number of likely N-dealkylation sites (tertiary alicyclic amines) is 1. The van der Waals surface area contributed by atoms with Crippen LogP contribution in [0.25, 0.3) is 11.3 Å². The van der Waals surface area contributed by atoms with Gasteiger partial charge in [-0.1, -0.05) is 42.5 Å². The van der Waals surface area contributed by atoms with E-state index in [4.69, 9.17) is 0 Å². The van der Waals surface area contributed by atoms with Crippen molar-refractivity contribution < 1.29 is 14.4 Å². The van der Waals surface area contributed by atoms with Crippen molar-refractivity contribution in [1.82, 2.24) is 9.88 Å². The van der Waals surface area contributed by atoms with Crippen molar-refractivity contribution in [1.29, 1.82) is 0 Å². The zero-order valence-corrected chi connectivity index (χ0v) is 16.1. The summed E-state index contributed by atoms with van der Waals surface area (Å²) in [6.45, 7) is 0.215. The van der Waals surface area contributed by atoms with Crippen LogP contribution in [0.5, 0.6) is 0 Å². The van der Waals surface area contributed by atoms with E-state index in [0.717, 1.165) is 11.1 Å². The number of pyridine rings is 1. The highest BCUT2D eigenvalue weighted by atomic mass is 16.2. The molecule has 3 amide bonds. The van der Waals surface area contributed by atoms with Crippen molar-refractivity contribution in [2.24, 2.45) is 0 Å². The number of imide groups is 1. The molecule has 2 N–H and O–H groups in total. The summed E-state index contributed by atoms with van der Waals surface area (Å²) < 4.78 is 0. The van der Waals surface area contributed by atoms with Gasteiger partial charge in [-0.15, -0.1) is 0 Å². The van der Waals surface area contributed by atoms with E-state index in [2.05, 4.69) is 10.3 Å². The molecule has 1 aromatic heterocycles. The molecule has 0 unspecified atom stereocenters. The highest BCUT2D eigenvalue weighted by Crippen LogP contribution is 2.18. The van der Waals surface area contributed by atoms with Gasteiger partial charge in [0.15, 0.2) is 0 Å². The van der Waals surface area contributed by atoms with Crippen LogP contribution in [0.15, 0.2) is 71.5 Å². The van der Waals surface area contributed by atoms with Crippen LogP contribution in [-0.4, -0.2) is 27.6 Å². The quantitative estimate of drug-likeness (QED) is 0.642. The molecule has 4 rings (SSSR count). The molecule has 3 aromatic rings. The molecule has 0 bridgehead atoms. The molecule has 1 aliphatic rings. The van der Waals surface area contributed by atoms with Crippen molar-refractivity contribution in [3.05, 3.63) is 88.2 Å². The first-order valence-corrected chi connectivity index (χ1v) is 9.53. The minimum absolute atomic E-state index is 0.00650. The Kier molecular flexibility index (Phi) is 5.26. The van der Waals surface area contributed by atoms with Crippen LogP contribution >= 0.6 is 0 Å². The average Bonchev–Trinajstić information content (AvgIpc) is 3.07. The lowest BCUT2D eigenvalue weighted by atomic mass is 10.1. The zero-order chi connectivity index (χ0) is 21.1. The first-order chi connectivity index (χ1) is 14.5. The lowest BCUT2D eigenvalue weighted by Gasteiger charge is -2.14. The standard InChI is InChI=1S/C23H19N3O4/c27-20-12-13-21(28)26(20)14-15-6-8-17(9-7-15)24-22(29)18-10-11-19(25-23(18)30)16-4-2-1-3-5-16/h1-11H,12-14H2,(H,24,29)(H,25,30). The molecule has 1 aliphatic heterocycles. The fourth-order valence-electron chi connectivity index (χ4n) is 3.31. The average molecular weight is 401 g/mol. The normalized spacial score (nSPS) is 13.5. The highest BCUT2D eigenvalue weighted by Gasteiger charge is 2.28. The van der Waals surface area contributed by atoms with Crippen LogP contribution < -0.4 is 10.9 Å². The number of nitrogens with zero attached hydrogens (tertiary/aromatic N) is 1. The van der Waals surface area contributed by atoms with Gasteiger partial charge in [-0.25, -0.2) is 0 Å². The number of carbonyl (C=O) groups is 3. The molecule has 0 aliphatic carbocycles. The number of aromatic amines is 1. The number of anilines is 1. The van der Waals surface area contributed by atoms with Crippen LogP contribution in [-0.2, 0) is 16.1 Å². The van der Waals surface area contributed by atoms with E-state index < -0.39 is 11.5 Å². The van der Waals surface area contributed by atoms with E-state index in [1.807, 2.05) is 30.3 Å². The van der Waals surface area contributed by atoms with Crippen LogP contribution in [0.3, 0.4) is 0 Å². The smallest absolute Gasteiger partial charge is 0.261 e. The number of rotatable bonds is 5. The van der Waals surface area contributed by atoms with Crippen LogP contribution in [0.4, 0.5) is 5.69 Å². The highest BCUT2D eigenvalue weighted by molar-refractivity contribution is 6.04. The first kappa shape index (κ1) is 19.3. The maximum absolute atomic E-state index is 12.5. The molecule has 0 saturated carbocycles. The fourth-order valence-corrected chi connectivity index (χ4v) is 3.31. The summed E-state index contributed by atoms with van der Waals surface area (Å²) in [5.41, 5.74) is 2.30. The van der Waals surface area contributed by atoms with E-state index in [1.165, 1.54) is 11.0 Å². The largest absolute Gasteiger partial charge is 0.322 e. The van der Waals surface area contributed by atoms with Gasteiger partial charge in [0.1, 0.15) is 5.56 Å². The Morgan fingerprint density at radius 2 is 1.53 bits per heavy atom. The maximum Gasteiger partial charge on any atom is 0.261 e. The van der Waals surface area contributed by atoms with Crippen LogP contribution in [0.2, 0.25) is 0 Å². The summed E-state index contributed by atoms with van der Waals surface area (Å²) in [5.74, 6) is -0.861. The van der Waals surface area contributed by atoms with E-state index >= 15 is 0 Å². The Balaban J connectivity index is 1.44. The number of H-pyrrole nitrogens is 1. The monoisotopic (exact) mass is 401 g/mol. The molecule has 7 heteroatoms. The molecule has 0 spiro atoms. The van der Waals surface area contributed by atoms with Gasteiger partial charge in [-0.05, 0) is 35.4 Å². The van der Waals surface area contributed by atoms with Crippen molar-refractivity contribution in [2.75, 3.05) is 5.32 Å².